The number of aromatic nitrogens is 2. The third-order valence-electron chi connectivity index (χ3n) is 7.82. The number of nitrogens with zero attached hydrogens (tertiary/aromatic N) is 5. The molecule has 0 spiro atoms. The van der Waals surface area contributed by atoms with Gasteiger partial charge in [-0.2, -0.15) is 4.98 Å². The first-order chi connectivity index (χ1) is 21.5. The highest BCUT2D eigenvalue weighted by Gasteiger charge is 2.15. The Morgan fingerprint density at radius 1 is 0.773 bits per heavy atom. The topological polar surface area (TPSA) is 97.9 Å². The van der Waals surface area contributed by atoms with Crippen LogP contribution in [0, 0.1) is 0 Å². The highest BCUT2D eigenvalue weighted by atomic mass is 16.5. The van der Waals surface area contributed by atoms with E-state index in [1.807, 2.05) is 42.5 Å². The Balaban J connectivity index is 1.28. The summed E-state index contributed by atoms with van der Waals surface area (Å²) in [7, 11) is 2.16. The molecule has 2 saturated heterocycles. The molecule has 3 N–H and O–H groups in total. The SMILES string of the molecule is C=CC(=O)Nc1cccc(-c2cc(Nc3ccc(N4CCN(C)CC4)cc3)nc(Nc3cccc(N4CCOCC4)c3)n2)c1. The van der Waals surface area contributed by atoms with E-state index in [1.165, 1.54) is 11.8 Å². The van der Waals surface area contributed by atoms with Gasteiger partial charge in [-0.05, 0) is 67.7 Å². The van der Waals surface area contributed by atoms with Crippen LogP contribution in [-0.2, 0) is 9.53 Å². The van der Waals surface area contributed by atoms with Crippen LogP contribution < -0.4 is 25.8 Å². The smallest absolute Gasteiger partial charge is 0.247 e. The summed E-state index contributed by atoms with van der Waals surface area (Å²) in [4.78, 5) is 28.7. The standard InChI is InChI=1S/C34H38N8O2/c1-3-33(43)36-27-7-4-6-25(22-27)31-24-32(35-26-10-12-29(13-11-26)41-16-14-40(2)15-17-41)39-34(38-31)37-28-8-5-9-30(23-28)42-18-20-44-21-19-42/h3-13,22-24H,1,14-21H2,2H3,(H,36,43)(H2,35,37,38,39). The van der Waals surface area contributed by atoms with Gasteiger partial charge < -0.3 is 35.4 Å². The van der Waals surface area contributed by atoms with Crippen molar-refractivity contribution in [3.63, 3.8) is 0 Å². The van der Waals surface area contributed by atoms with Crippen LogP contribution in [0.1, 0.15) is 0 Å². The van der Waals surface area contributed by atoms with Crippen molar-refractivity contribution in [2.24, 2.45) is 0 Å². The predicted octanol–water partition coefficient (Wildman–Crippen LogP) is 5.34. The van der Waals surface area contributed by atoms with Crippen LogP contribution in [0.4, 0.5) is 40.2 Å². The van der Waals surface area contributed by atoms with Gasteiger partial charge in [0, 0.05) is 79.3 Å². The fourth-order valence-electron chi connectivity index (χ4n) is 5.36. The number of nitrogens with one attached hydrogen (secondary N) is 3. The number of anilines is 7. The number of morpholine rings is 1. The van der Waals surface area contributed by atoms with Gasteiger partial charge in [0.15, 0.2) is 0 Å². The van der Waals surface area contributed by atoms with E-state index in [0.29, 0.717) is 23.1 Å². The van der Waals surface area contributed by atoms with E-state index >= 15 is 0 Å². The number of piperazine rings is 1. The molecule has 6 rings (SSSR count). The van der Waals surface area contributed by atoms with Crippen molar-refractivity contribution in [1.82, 2.24) is 14.9 Å². The Hall–Kier alpha value is -4.93. The van der Waals surface area contributed by atoms with Gasteiger partial charge in [0.1, 0.15) is 5.82 Å². The van der Waals surface area contributed by atoms with Crippen molar-refractivity contribution < 1.29 is 9.53 Å². The van der Waals surface area contributed by atoms with Crippen molar-refractivity contribution in [2.75, 3.05) is 85.3 Å². The Kier molecular flexibility index (Phi) is 9.00. The minimum Gasteiger partial charge on any atom is -0.378 e. The summed E-state index contributed by atoms with van der Waals surface area (Å²) < 4.78 is 5.53. The summed E-state index contributed by atoms with van der Waals surface area (Å²) >= 11 is 0. The first kappa shape index (κ1) is 29.2. The molecule has 3 heterocycles. The molecule has 0 unspecified atom stereocenters. The largest absolute Gasteiger partial charge is 0.378 e. The lowest BCUT2D eigenvalue weighted by molar-refractivity contribution is -0.111. The Labute approximate surface area is 258 Å². The second-order valence-corrected chi connectivity index (χ2v) is 11.0. The maximum atomic E-state index is 11.9. The third kappa shape index (κ3) is 7.34. The molecule has 2 aliphatic heterocycles. The first-order valence-corrected chi connectivity index (χ1v) is 15.0. The summed E-state index contributed by atoms with van der Waals surface area (Å²) in [6.45, 7) is 10.9. The fourth-order valence-corrected chi connectivity index (χ4v) is 5.36. The van der Waals surface area contributed by atoms with E-state index in [0.717, 1.165) is 75.1 Å². The number of ether oxygens (including phenoxy) is 1. The number of rotatable bonds is 9. The molecule has 3 aromatic carbocycles. The lowest BCUT2D eigenvalue weighted by Crippen LogP contribution is -2.44. The molecule has 1 amide bonds. The molecular formula is C34H38N8O2. The lowest BCUT2D eigenvalue weighted by Gasteiger charge is -2.34. The minimum atomic E-state index is -0.269. The summed E-state index contributed by atoms with van der Waals surface area (Å²) in [5.41, 5.74) is 6.37. The van der Waals surface area contributed by atoms with Crippen LogP contribution in [0.5, 0.6) is 0 Å². The van der Waals surface area contributed by atoms with Gasteiger partial charge in [-0.25, -0.2) is 4.98 Å². The molecule has 226 valence electrons. The lowest BCUT2D eigenvalue weighted by atomic mass is 10.1. The fraction of sp³-hybridized carbons (Fsp3) is 0.265. The van der Waals surface area contributed by atoms with Crippen LogP contribution in [0.15, 0.2) is 91.5 Å². The van der Waals surface area contributed by atoms with Crippen LogP contribution in [0.3, 0.4) is 0 Å². The molecule has 4 aromatic rings. The van der Waals surface area contributed by atoms with Gasteiger partial charge in [0.2, 0.25) is 11.9 Å². The number of amides is 1. The number of likely N-dealkylation sites (N-methyl/N-ethyl adjacent to an activating group) is 1. The molecule has 0 atom stereocenters. The van der Waals surface area contributed by atoms with Crippen molar-refractivity contribution >= 4 is 46.1 Å². The molecule has 0 radical (unpaired) electrons. The normalized spacial score (nSPS) is 15.5. The Bertz CT molecular complexity index is 1600. The average Bonchev–Trinajstić information content (AvgIpc) is 3.06. The number of benzene rings is 3. The second-order valence-electron chi connectivity index (χ2n) is 11.0. The average molecular weight is 591 g/mol. The molecule has 1 aromatic heterocycles. The predicted molar refractivity (Wildman–Crippen MR) is 178 cm³/mol. The van der Waals surface area contributed by atoms with E-state index in [2.05, 4.69) is 80.7 Å². The molecule has 0 bridgehead atoms. The number of hydrogen-bond acceptors (Lipinski definition) is 9. The van der Waals surface area contributed by atoms with Gasteiger partial charge >= 0.3 is 0 Å². The van der Waals surface area contributed by atoms with Crippen molar-refractivity contribution in [3.05, 3.63) is 91.5 Å². The van der Waals surface area contributed by atoms with Gasteiger partial charge in [-0.15, -0.1) is 0 Å². The zero-order valence-corrected chi connectivity index (χ0v) is 25.0. The second kappa shape index (κ2) is 13.6. The first-order valence-electron chi connectivity index (χ1n) is 15.0. The van der Waals surface area contributed by atoms with Gasteiger partial charge in [-0.3, -0.25) is 4.79 Å². The molecule has 10 heteroatoms. The van der Waals surface area contributed by atoms with Crippen LogP contribution >= 0.6 is 0 Å². The number of carbonyl (C=O) groups is 1. The summed E-state index contributed by atoms with van der Waals surface area (Å²) in [5, 5.41) is 9.72. The number of carbonyl (C=O) groups excluding carboxylic acids is 1. The van der Waals surface area contributed by atoms with Crippen molar-refractivity contribution in [2.45, 2.75) is 0 Å². The molecule has 2 aliphatic rings. The van der Waals surface area contributed by atoms with Crippen LogP contribution in [0.25, 0.3) is 11.3 Å². The zero-order valence-electron chi connectivity index (χ0n) is 25.0. The molecule has 0 aliphatic carbocycles. The van der Waals surface area contributed by atoms with E-state index in [1.54, 1.807) is 0 Å². The van der Waals surface area contributed by atoms with Gasteiger partial charge in [-0.1, -0.05) is 24.8 Å². The van der Waals surface area contributed by atoms with E-state index in [4.69, 9.17) is 14.7 Å². The maximum Gasteiger partial charge on any atom is 0.247 e. The molecule has 0 saturated carbocycles. The number of hydrogen-bond donors (Lipinski definition) is 3. The van der Waals surface area contributed by atoms with Crippen LogP contribution in [0.2, 0.25) is 0 Å². The summed E-state index contributed by atoms with van der Waals surface area (Å²) in [5.74, 6) is 0.836. The van der Waals surface area contributed by atoms with Gasteiger partial charge in [0.05, 0.1) is 18.9 Å². The quantitative estimate of drug-likeness (QED) is 0.223. The monoisotopic (exact) mass is 590 g/mol. The Morgan fingerprint density at radius 2 is 1.50 bits per heavy atom. The molecule has 44 heavy (non-hydrogen) atoms. The third-order valence-corrected chi connectivity index (χ3v) is 7.82. The van der Waals surface area contributed by atoms with E-state index in [-0.39, 0.29) is 5.91 Å². The molecule has 10 nitrogen and oxygen atoms in total. The maximum absolute atomic E-state index is 11.9. The highest BCUT2D eigenvalue weighted by Crippen LogP contribution is 2.29. The molecule has 2 fully saturated rings. The van der Waals surface area contributed by atoms with Crippen LogP contribution in [-0.4, -0.2) is 80.3 Å². The zero-order chi connectivity index (χ0) is 30.3. The van der Waals surface area contributed by atoms with Crippen molar-refractivity contribution in [1.29, 1.82) is 0 Å². The minimum absolute atomic E-state index is 0.269. The summed E-state index contributed by atoms with van der Waals surface area (Å²) in [6, 6.07) is 26.2. The van der Waals surface area contributed by atoms with Crippen molar-refractivity contribution in [3.8, 4) is 11.3 Å². The molecular weight excluding hydrogens is 552 g/mol. The van der Waals surface area contributed by atoms with Gasteiger partial charge in [0.25, 0.3) is 0 Å². The van der Waals surface area contributed by atoms with E-state index < -0.39 is 0 Å². The highest BCUT2D eigenvalue weighted by molar-refractivity contribution is 5.99. The Morgan fingerprint density at radius 3 is 2.27 bits per heavy atom. The summed E-state index contributed by atoms with van der Waals surface area (Å²) in [6.07, 6.45) is 1.25. The van der Waals surface area contributed by atoms with E-state index in [9.17, 15) is 4.79 Å².